The van der Waals surface area contributed by atoms with Gasteiger partial charge in [0.1, 0.15) is 11.6 Å². The molecule has 0 unspecified atom stereocenters. The molecular formula is C24H23N5. The van der Waals surface area contributed by atoms with Crippen molar-refractivity contribution in [3.8, 4) is 6.07 Å². The molecule has 0 N–H and O–H groups in total. The van der Waals surface area contributed by atoms with Gasteiger partial charge in [0.15, 0.2) is 0 Å². The summed E-state index contributed by atoms with van der Waals surface area (Å²) in [6, 6.07) is 21.0. The smallest absolute Gasteiger partial charge is 0.129 e. The van der Waals surface area contributed by atoms with E-state index in [0.717, 1.165) is 54.6 Å². The van der Waals surface area contributed by atoms with Gasteiger partial charge >= 0.3 is 0 Å². The number of rotatable bonds is 3. The Morgan fingerprint density at radius 3 is 2.62 bits per heavy atom. The number of pyridine rings is 1. The number of aryl methyl sites for hydroxylation is 1. The quantitative estimate of drug-likeness (QED) is 0.508. The molecule has 3 heterocycles. The molecule has 0 atom stereocenters. The van der Waals surface area contributed by atoms with Gasteiger partial charge < -0.3 is 9.47 Å². The molecular weight excluding hydrogens is 358 g/mol. The summed E-state index contributed by atoms with van der Waals surface area (Å²) in [4.78, 5) is 12.1. The molecule has 144 valence electrons. The maximum absolute atomic E-state index is 9.08. The van der Waals surface area contributed by atoms with Crippen LogP contribution in [0, 0.1) is 11.3 Å². The van der Waals surface area contributed by atoms with Crippen molar-refractivity contribution >= 4 is 27.8 Å². The summed E-state index contributed by atoms with van der Waals surface area (Å²) in [7, 11) is 0. The van der Waals surface area contributed by atoms with Crippen LogP contribution < -0.4 is 4.90 Å². The fourth-order valence-electron chi connectivity index (χ4n) is 4.46. The van der Waals surface area contributed by atoms with Crippen molar-refractivity contribution in [2.45, 2.75) is 32.2 Å². The number of piperidine rings is 1. The summed E-state index contributed by atoms with van der Waals surface area (Å²) in [6.07, 6.45) is 3.12. The SMILES string of the molecule is CCc1nc2ccccc2n1C1CCN(c2ccc3cc(C#N)ccc3n2)CC1. The lowest BCUT2D eigenvalue weighted by Crippen LogP contribution is -2.35. The Balaban J connectivity index is 1.38. The monoisotopic (exact) mass is 381 g/mol. The van der Waals surface area contributed by atoms with E-state index in [1.165, 1.54) is 11.3 Å². The van der Waals surface area contributed by atoms with Crippen molar-refractivity contribution in [1.29, 1.82) is 5.26 Å². The molecule has 0 spiro atoms. The Kier molecular flexibility index (Phi) is 4.40. The number of nitrogens with zero attached hydrogens (tertiary/aromatic N) is 5. The maximum atomic E-state index is 9.08. The highest BCUT2D eigenvalue weighted by atomic mass is 15.2. The Bertz CT molecular complexity index is 1230. The van der Waals surface area contributed by atoms with E-state index in [0.29, 0.717) is 11.6 Å². The summed E-state index contributed by atoms with van der Waals surface area (Å²) in [6.45, 7) is 4.15. The summed E-state index contributed by atoms with van der Waals surface area (Å²) in [5.74, 6) is 2.20. The highest BCUT2D eigenvalue weighted by Gasteiger charge is 2.24. The first kappa shape index (κ1) is 17.7. The minimum atomic E-state index is 0.479. The van der Waals surface area contributed by atoms with Crippen LogP contribution in [0.4, 0.5) is 5.82 Å². The molecule has 2 aromatic carbocycles. The number of aromatic nitrogens is 3. The van der Waals surface area contributed by atoms with Gasteiger partial charge in [0, 0.05) is 30.9 Å². The third-order valence-electron chi connectivity index (χ3n) is 5.94. The number of hydrogen-bond acceptors (Lipinski definition) is 4. The zero-order valence-corrected chi connectivity index (χ0v) is 16.5. The van der Waals surface area contributed by atoms with Gasteiger partial charge in [-0.3, -0.25) is 0 Å². The van der Waals surface area contributed by atoms with Gasteiger partial charge in [-0.05, 0) is 55.3 Å². The molecule has 1 saturated heterocycles. The zero-order valence-electron chi connectivity index (χ0n) is 16.5. The standard InChI is InChI=1S/C24H23N5/c1-2-23-27-21-5-3-4-6-22(21)29(23)19-11-13-28(14-12-19)24-10-8-18-15-17(16-25)7-9-20(18)26-24/h3-10,15,19H,2,11-14H2,1H3. The molecule has 1 aliphatic heterocycles. The second-order valence-corrected chi connectivity index (χ2v) is 7.65. The fraction of sp³-hybridized carbons (Fsp3) is 0.292. The third-order valence-corrected chi connectivity index (χ3v) is 5.94. The highest BCUT2D eigenvalue weighted by molar-refractivity contribution is 5.82. The Morgan fingerprint density at radius 1 is 1.00 bits per heavy atom. The lowest BCUT2D eigenvalue weighted by molar-refractivity contribution is 0.394. The van der Waals surface area contributed by atoms with E-state index in [1.54, 1.807) is 0 Å². The largest absolute Gasteiger partial charge is 0.356 e. The van der Waals surface area contributed by atoms with E-state index in [9.17, 15) is 0 Å². The predicted octanol–water partition coefficient (Wildman–Crippen LogP) is 4.86. The van der Waals surface area contributed by atoms with Gasteiger partial charge in [-0.2, -0.15) is 5.26 Å². The molecule has 1 fully saturated rings. The second-order valence-electron chi connectivity index (χ2n) is 7.65. The predicted molar refractivity (Wildman–Crippen MR) is 116 cm³/mol. The molecule has 4 aromatic rings. The number of para-hydroxylation sites is 2. The van der Waals surface area contributed by atoms with E-state index in [-0.39, 0.29) is 0 Å². The van der Waals surface area contributed by atoms with Crippen molar-refractivity contribution in [3.05, 3.63) is 66.0 Å². The molecule has 5 heteroatoms. The molecule has 0 radical (unpaired) electrons. The molecule has 5 rings (SSSR count). The Hall–Kier alpha value is -3.39. The van der Waals surface area contributed by atoms with Crippen molar-refractivity contribution < 1.29 is 0 Å². The third kappa shape index (κ3) is 3.11. The average Bonchev–Trinajstić information content (AvgIpc) is 3.17. The number of benzene rings is 2. The molecule has 1 aliphatic rings. The molecule has 0 amide bonds. The van der Waals surface area contributed by atoms with E-state index in [1.807, 2.05) is 18.2 Å². The molecule has 0 bridgehead atoms. The highest BCUT2D eigenvalue weighted by Crippen LogP contribution is 2.31. The first-order valence-electron chi connectivity index (χ1n) is 10.3. The Labute approximate surface area is 170 Å². The first-order chi connectivity index (χ1) is 14.3. The van der Waals surface area contributed by atoms with Crippen molar-refractivity contribution in [2.75, 3.05) is 18.0 Å². The van der Waals surface area contributed by atoms with Crippen LogP contribution in [0.25, 0.3) is 21.9 Å². The molecule has 0 aliphatic carbocycles. The van der Waals surface area contributed by atoms with Crippen molar-refractivity contribution in [3.63, 3.8) is 0 Å². The molecule has 0 saturated carbocycles. The van der Waals surface area contributed by atoms with Crippen LogP contribution >= 0.6 is 0 Å². The van der Waals surface area contributed by atoms with Gasteiger partial charge in [0.2, 0.25) is 0 Å². The van der Waals surface area contributed by atoms with Gasteiger partial charge in [-0.1, -0.05) is 19.1 Å². The zero-order chi connectivity index (χ0) is 19.8. The van der Waals surface area contributed by atoms with Crippen LogP contribution in [0.1, 0.15) is 37.2 Å². The number of hydrogen-bond donors (Lipinski definition) is 0. The van der Waals surface area contributed by atoms with Crippen LogP contribution in [-0.2, 0) is 6.42 Å². The number of nitriles is 1. The lowest BCUT2D eigenvalue weighted by Gasteiger charge is -2.34. The van der Waals surface area contributed by atoms with Gasteiger partial charge in [0.05, 0.1) is 28.2 Å². The molecule has 29 heavy (non-hydrogen) atoms. The summed E-state index contributed by atoms with van der Waals surface area (Å²) < 4.78 is 2.46. The van der Waals surface area contributed by atoms with Crippen molar-refractivity contribution in [1.82, 2.24) is 14.5 Å². The fourth-order valence-corrected chi connectivity index (χ4v) is 4.46. The van der Waals surface area contributed by atoms with Crippen LogP contribution in [0.3, 0.4) is 0 Å². The van der Waals surface area contributed by atoms with Crippen LogP contribution in [0.15, 0.2) is 54.6 Å². The van der Waals surface area contributed by atoms with E-state index in [4.69, 9.17) is 15.2 Å². The van der Waals surface area contributed by atoms with Gasteiger partial charge in [-0.25, -0.2) is 9.97 Å². The summed E-state index contributed by atoms with van der Waals surface area (Å²) in [5, 5.41) is 10.1. The Morgan fingerprint density at radius 2 is 1.83 bits per heavy atom. The summed E-state index contributed by atoms with van der Waals surface area (Å²) in [5.41, 5.74) is 3.96. The maximum Gasteiger partial charge on any atom is 0.129 e. The number of imidazole rings is 1. The van der Waals surface area contributed by atoms with Crippen molar-refractivity contribution in [2.24, 2.45) is 0 Å². The summed E-state index contributed by atoms with van der Waals surface area (Å²) >= 11 is 0. The van der Waals surface area contributed by atoms with Gasteiger partial charge in [-0.15, -0.1) is 0 Å². The minimum absolute atomic E-state index is 0.479. The lowest BCUT2D eigenvalue weighted by atomic mass is 10.0. The minimum Gasteiger partial charge on any atom is -0.356 e. The van der Waals surface area contributed by atoms with Gasteiger partial charge in [0.25, 0.3) is 0 Å². The van der Waals surface area contributed by atoms with E-state index in [2.05, 4.69) is 58.9 Å². The molecule has 5 nitrogen and oxygen atoms in total. The molecule has 2 aromatic heterocycles. The van der Waals surface area contributed by atoms with Crippen LogP contribution in [0.2, 0.25) is 0 Å². The first-order valence-corrected chi connectivity index (χ1v) is 10.3. The number of anilines is 1. The van der Waals surface area contributed by atoms with E-state index >= 15 is 0 Å². The van der Waals surface area contributed by atoms with E-state index < -0.39 is 0 Å². The topological polar surface area (TPSA) is 57.7 Å². The van der Waals surface area contributed by atoms with Crippen LogP contribution in [0.5, 0.6) is 0 Å². The average molecular weight is 381 g/mol. The second kappa shape index (κ2) is 7.21. The normalized spacial score (nSPS) is 15.1. The van der Waals surface area contributed by atoms with Crippen LogP contribution in [-0.4, -0.2) is 27.6 Å². The number of fused-ring (bicyclic) bond motifs is 2.